The van der Waals surface area contributed by atoms with Crippen LogP contribution in [-0.2, 0) is 6.54 Å². The van der Waals surface area contributed by atoms with Gasteiger partial charge in [-0.3, -0.25) is 4.98 Å². The van der Waals surface area contributed by atoms with Crippen LogP contribution in [0.15, 0.2) is 37.1 Å². The highest BCUT2D eigenvalue weighted by molar-refractivity contribution is 5.62. The maximum absolute atomic E-state index is 4.55. The number of nitrogens with one attached hydrogen (secondary N) is 1. The van der Waals surface area contributed by atoms with Crippen molar-refractivity contribution >= 4 is 5.95 Å². The van der Waals surface area contributed by atoms with E-state index in [9.17, 15) is 0 Å². The Morgan fingerprint density at radius 1 is 1.05 bits per heavy atom. The van der Waals surface area contributed by atoms with Gasteiger partial charge in [0.25, 0.3) is 0 Å². The molecule has 3 aromatic rings. The Bertz CT molecular complexity index is 752. The first-order chi connectivity index (χ1) is 10.7. The highest BCUT2D eigenvalue weighted by Gasteiger charge is 2.06. The zero-order chi connectivity index (χ0) is 15.4. The van der Waals surface area contributed by atoms with Crippen LogP contribution < -0.4 is 5.32 Å². The molecule has 0 aliphatic carbocycles. The molecule has 3 rings (SSSR count). The molecule has 0 aliphatic rings. The van der Waals surface area contributed by atoms with Gasteiger partial charge in [0, 0.05) is 36.2 Å². The lowest BCUT2D eigenvalue weighted by molar-refractivity contribution is 0.721. The zero-order valence-electron chi connectivity index (χ0n) is 12.6. The van der Waals surface area contributed by atoms with Gasteiger partial charge in [-0.25, -0.2) is 9.97 Å². The molecule has 0 amide bonds. The molecule has 0 unspecified atom stereocenters. The predicted octanol–water partition coefficient (Wildman–Crippen LogP) is 1.86. The van der Waals surface area contributed by atoms with Crippen molar-refractivity contribution in [1.29, 1.82) is 0 Å². The van der Waals surface area contributed by atoms with E-state index in [1.165, 1.54) is 0 Å². The van der Waals surface area contributed by atoms with Gasteiger partial charge in [0.15, 0.2) is 0 Å². The topological polar surface area (TPSA) is 81.4 Å². The predicted molar refractivity (Wildman–Crippen MR) is 83.2 cm³/mol. The Balaban J connectivity index is 1.72. The van der Waals surface area contributed by atoms with Crippen LogP contribution in [0.3, 0.4) is 0 Å². The molecule has 0 atom stereocenters. The van der Waals surface area contributed by atoms with E-state index in [2.05, 4.69) is 30.5 Å². The minimum atomic E-state index is 0.602. The molecule has 0 fully saturated rings. The molecule has 7 nitrogen and oxygen atoms in total. The van der Waals surface area contributed by atoms with Crippen molar-refractivity contribution in [3.63, 3.8) is 0 Å². The van der Waals surface area contributed by atoms with E-state index in [0.29, 0.717) is 12.5 Å². The van der Waals surface area contributed by atoms with Crippen molar-refractivity contribution in [2.24, 2.45) is 0 Å². The molecule has 0 saturated carbocycles. The summed E-state index contributed by atoms with van der Waals surface area (Å²) in [6.07, 6.45) is 5.11. The SMILES string of the molecule is Cc1ccc(-c2ccnc(NCCn3cnnc3)n2)c(C)n1. The maximum atomic E-state index is 4.55. The molecular formula is C15H17N7. The van der Waals surface area contributed by atoms with Crippen molar-refractivity contribution in [2.75, 3.05) is 11.9 Å². The fraction of sp³-hybridized carbons (Fsp3) is 0.267. The number of rotatable bonds is 5. The monoisotopic (exact) mass is 295 g/mol. The lowest BCUT2D eigenvalue weighted by Crippen LogP contribution is -2.11. The van der Waals surface area contributed by atoms with E-state index in [0.717, 1.165) is 29.2 Å². The molecule has 7 heteroatoms. The number of nitrogens with zero attached hydrogens (tertiary/aromatic N) is 6. The normalized spacial score (nSPS) is 10.6. The van der Waals surface area contributed by atoms with Crippen molar-refractivity contribution in [2.45, 2.75) is 20.4 Å². The maximum Gasteiger partial charge on any atom is 0.223 e. The molecule has 0 radical (unpaired) electrons. The summed E-state index contributed by atoms with van der Waals surface area (Å²) in [6, 6.07) is 5.93. The van der Waals surface area contributed by atoms with Gasteiger partial charge in [-0.1, -0.05) is 0 Å². The van der Waals surface area contributed by atoms with E-state index in [1.54, 1.807) is 18.9 Å². The second-order valence-corrected chi connectivity index (χ2v) is 4.98. The molecule has 3 heterocycles. The van der Waals surface area contributed by atoms with Gasteiger partial charge < -0.3 is 9.88 Å². The van der Waals surface area contributed by atoms with Crippen molar-refractivity contribution in [1.82, 2.24) is 29.7 Å². The third-order valence-corrected chi connectivity index (χ3v) is 3.28. The van der Waals surface area contributed by atoms with E-state index < -0.39 is 0 Å². The van der Waals surface area contributed by atoms with Gasteiger partial charge in [0.05, 0.1) is 5.69 Å². The summed E-state index contributed by atoms with van der Waals surface area (Å²) in [4.78, 5) is 13.3. The molecule has 0 aliphatic heterocycles. The number of anilines is 1. The first-order valence-electron chi connectivity index (χ1n) is 7.06. The molecule has 0 saturated heterocycles. The van der Waals surface area contributed by atoms with Gasteiger partial charge >= 0.3 is 0 Å². The van der Waals surface area contributed by atoms with E-state index >= 15 is 0 Å². The van der Waals surface area contributed by atoms with Crippen LogP contribution >= 0.6 is 0 Å². The highest BCUT2D eigenvalue weighted by Crippen LogP contribution is 2.20. The third-order valence-electron chi connectivity index (χ3n) is 3.28. The van der Waals surface area contributed by atoms with Gasteiger partial charge in [0.1, 0.15) is 12.7 Å². The quantitative estimate of drug-likeness (QED) is 0.773. The summed E-state index contributed by atoms with van der Waals surface area (Å²) in [5.41, 5.74) is 3.86. The zero-order valence-corrected chi connectivity index (χ0v) is 12.6. The van der Waals surface area contributed by atoms with Crippen LogP contribution in [0, 0.1) is 13.8 Å². The first kappa shape index (κ1) is 14.1. The molecule has 112 valence electrons. The van der Waals surface area contributed by atoms with E-state index in [1.807, 2.05) is 36.6 Å². The smallest absolute Gasteiger partial charge is 0.223 e. The fourth-order valence-corrected chi connectivity index (χ4v) is 2.19. The number of aryl methyl sites for hydroxylation is 2. The average molecular weight is 295 g/mol. The van der Waals surface area contributed by atoms with Gasteiger partial charge in [-0.05, 0) is 32.0 Å². The number of pyridine rings is 1. The summed E-state index contributed by atoms with van der Waals surface area (Å²) in [5, 5.41) is 10.7. The number of aromatic nitrogens is 6. The van der Waals surface area contributed by atoms with Crippen molar-refractivity contribution in [3.8, 4) is 11.3 Å². The van der Waals surface area contributed by atoms with Crippen molar-refractivity contribution < 1.29 is 0 Å². The van der Waals surface area contributed by atoms with Gasteiger partial charge in [0.2, 0.25) is 5.95 Å². The van der Waals surface area contributed by atoms with Crippen LogP contribution in [0.4, 0.5) is 5.95 Å². The molecule has 0 aromatic carbocycles. The van der Waals surface area contributed by atoms with Crippen molar-refractivity contribution in [3.05, 3.63) is 48.4 Å². The Hall–Kier alpha value is -2.83. The van der Waals surface area contributed by atoms with Crippen LogP contribution in [0.1, 0.15) is 11.4 Å². The van der Waals surface area contributed by atoms with Gasteiger partial charge in [-0.15, -0.1) is 10.2 Å². The van der Waals surface area contributed by atoms with Gasteiger partial charge in [-0.2, -0.15) is 0 Å². The molecular weight excluding hydrogens is 278 g/mol. The molecule has 0 spiro atoms. The van der Waals surface area contributed by atoms with Crippen LogP contribution in [-0.4, -0.2) is 36.3 Å². The first-order valence-corrected chi connectivity index (χ1v) is 7.06. The van der Waals surface area contributed by atoms with Crippen LogP contribution in [0.2, 0.25) is 0 Å². The summed E-state index contributed by atoms with van der Waals surface area (Å²) in [7, 11) is 0. The standard InChI is InChI=1S/C15H17N7/c1-11-3-4-13(12(2)20-11)14-5-6-16-15(21-14)17-7-8-22-9-18-19-10-22/h3-6,9-10H,7-8H2,1-2H3,(H,16,17,21). The second-order valence-electron chi connectivity index (χ2n) is 4.98. The lowest BCUT2D eigenvalue weighted by Gasteiger charge is -2.08. The molecule has 3 aromatic heterocycles. The minimum absolute atomic E-state index is 0.602. The molecule has 1 N–H and O–H groups in total. The second kappa shape index (κ2) is 6.30. The molecule has 22 heavy (non-hydrogen) atoms. The average Bonchev–Trinajstić information content (AvgIpc) is 3.01. The number of hydrogen-bond acceptors (Lipinski definition) is 6. The van der Waals surface area contributed by atoms with E-state index in [-0.39, 0.29) is 0 Å². The summed E-state index contributed by atoms with van der Waals surface area (Å²) >= 11 is 0. The fourth-order valence-electron chi connectivity index (χ4n) is 2.19. The minimum Gasteiger partial charge on any atom is -0.352 e. The summed E-state index contributed by atoms with van der Waals surface area (Å²) < 4.78 is 1.89. The molecule has 0 bridgehead atoms. The Kier molecular flexibility index (Phi) is 4.04. The Morgan fingerprint density at radius 2 is 1.86 bits per heavy atom. The number of hydrogen-bond donors (Lipinski definition) is 1. The van der Waals surface area contributed by atoms with E-state index in [4.69, 9.17) is 0 Å². The third kappa shape index (κ3) is 3.25. The van der Waals surface area contributed by atoms with Crippen LogP contribution in [0.5, 0.6) is 0 Å². The lowest BCUT2D eigenvalue weighted by atomic mass is 10.1. The highest BCUT2D eigenvalue weighted by atomic mass is 15.2. The largest absolute Gasteiger partial charge is 0.352 e. The summed E-state index contributed by atoms with van der Waals surface area (Å²) in [6.45, 7) is 5.43. The Morgan fingerprint density at radius 3 is 2.64 bits per heavy atom. The Labute approximate surface area is 128 Å². The van der Waals surface area contributed by atoms with Crippen LogP contribution in [0.25, 0.3) is 11.3 Å². The summed E-state index contributed by atoms with van der Waals surface area (Å²) in [5.74, 6) is 0.602.